The predicted octanol–water partition coefficient (Wildman–Crippen LogP) is 4.62. The second kappa shape index (κ2) is 5.10. The van der Waals surface area contributed by atoms with Crippen molar-refractivity contribution in [3.8, 4) is 0 Å². The van der Waals surface area contributed by atoms with E-state index in [0.29, 0.717) is 6.04 Å². The van der Waals surface area contributed by atoms with Crippen LogP contribution in [0.4, 0.5) is 5.69 Å². The maximum atomic E-state index is 4.57. The molecule has 3 rings (SSSR count). The van der Waals surface area contributed by atoms with Gasteiger partial charge in [0.2, 0.25) is 0 Å². The molecule has 0 bridgehead atoms. The number of hydrogen-bond donors (Lipinski definition) is 1. The molecule has 1 aliphatic rings. The molecule has 4 heteroatoms. The summed E-state index contributed by atoms with van der Waals surface area (Å²) in [7, 11) is 0. The molecule has 1 atom stereocenters. The monoisotopic (exact) mass is 278 g/mol. The summed E-state index contributed by atoms with van der Waals surface area (Å²) in [5.74, 6) is 0.897. The van der Waals surface area contributed by atoms with Crippen molar-refractivity contribution in [1.82, 2.24) is 4.98 Å². The summed E-state index contributed by atoms with van der Waals surface area (Å²) in [6.07, 6.45) is 6.08. The van der Waals surface area contributed by atoms with Crippen LogP contribution >= 0.6 is 23.1 Å². The fraction of sp³-hybridized carbons (Fsp3) is 0.500. The maximum Gasteiger partial charge on any atom is 0.150 e. The van der Waals surface area contributed by atoms with E-state index in [1.165, 1.54) is 29.6 Å². The van der Waals surface area contributed by atoms with E-state index in [1.54, 1.807) is 23.1 Å². The van der Waals surface area contributed by atoms with Crippen molar-refractivity contribution < 1.29 is 0 Å². The lowest BCUT2D eigenvalue weighted by Crippen LogP contribution is -2.20. The van der Waals surface area contributed by atoms with Gasteiger partial charge in [0, 0.05) is 11.7 Å². The predicted molar refractivity (Wildman–Crippen MR) is 81.8 cm³/mol. The maximum absolute atomic E-state index is 4.57. The minimum Gasteiger partial charge on any atom is -0.382 e. The smallest absolute Gasteiger partial charge is 0.150 e. The SMILES string of the molecule is CCC(Nc1ccc2nc(SC)sc2c1)C1CC1. The Morgan fingerprint density at radius 1 is 1.50 bits per heavy atom. The van der Waals surface area contributed by atoms with Gasteiger partial charge in [0.1, 0.15) is 0 Å². The molecule has 0 amide bonds. The van der Waals surface area contributed by atoms with E-state index in [0.717, 1.165) is 15.8 Å². The van der Waals surface area contributed by atoms with Gasteiger partial charge in [-0.25, -0.2) is 4.98 Å². The highest BCUT2D eigenvalue weighted by Crippen LogP contribution is 2.36. The Bertz CT molecular complexity index is 546. The first-order chi connectivity index (χ1) is 8.80. The molecule has 1 heterocycles. The molecule has 0 radical (unpaired) electrons. The molecule has 1 N–H and O–H groups in total. The van der Waals surface area contributed by atoms with Crippen molar-refractivity contribution in [2.24, 2.45) is 5.92 Å². The van der Waals surface area contributed by atoms with E-state index in [-0.39, 0.29) is 0 Å². The molecule has 2 aromatic rings. The van der Waals surface area contributed by atoms with Gasteiger partial charge in [0.05, 0.1) is 10.2 Å². The number of fused-ring (bicyclic) bond motifs is 1. The van der Waals surface area contributed by atoms with Crippen molar-refractivity contribution in [3.05, 3.63) is 18.2 Å². The zero-order valence-electron chi connectivity index (χ0n) is 10.8. The topological polar surface area (TPSA) is 24.9 Å². The van der Waals surface area contributed by atoms with Crippen LogP contribution in [0.25, 0.3) is 10.2 Å². The quantitative estimate of drug-likeness (QED) is 0.808. The first-order valence-corrected chi connectivity index (χ1v) is 8.55. The van der Waals surface area contributed by atoms with E-state index >= 15 is 0 Å². The van der Waals surface area contributed by atoms with E-state index in [2.05, 4.69) is 41.7 Å². The lowest BCUT2D eigenvalue weighted by atomic mass is 10.1. The van der Waals surface area contributed by atoms with Crippen LogP contribution in [-0.2, 0) is 0 Å². The van der Waals surface area contributed by atoms with Crippen molar-refractivity contribution >= 4 is 39.0 Å². The van der Waals surface area contributed by atoms with Crippen LogP contribution < -0.4 is 5.32 Å². The lowest BCUT2D eigenvalue weighted by molar-refractivity contribution is 0.617. The molecule has 1 saturated carbocycles. The van der Waals surface area contributed by atoms with Crippen LogP contribution in [0.3, 0.4) is 0 Å². The van der Waals surface area contributed by atoms with Crippen LogP contribution in [0.2, 0.25) is 0 Å². The number of nitrogens with one attached hydrogen (secondary N) is 1. The van der Waals surface area contributed by atoms with Gasteiger partial charge in [-0.2, -0.15) is 0 Å². The van der Waals surface area contributed by atoms with Gasteiger partial charge >= 0.3 is 0 Å². The Kier molecular flexibility index (Phi) is 3.48. The molecule has 1 unspecified atom stereocenters. The summed E-state index contributed by atoms with van der Waals surface area (Å²) in [6.45, 7) is 2.27. The number of thioether (sulfide) groups is 1. The number of benzene rings is 1. The fourth-order valence-electron chi connectivity index (χ4n) is 2.35. The van der Waals surface area contributed by atoms with Crippen molar-refractivity contribution in [2.75, 3.05) is 11.6 Å². The zero-order chi connectivity index (χ0) is 12.5. The van der Waals surface area contributed by atoms with Crippen molar-refractivity contribution in [1.29, 1.82) is 0 Å². The van der Waals surface area contributed by atoms with Gasteiger partial charge < -0.3 is 5.32 Å². The summed E-state index contributed by atoms with van der Waals surface area (Å²) in [6, 6.07) is 7.19. The summed E-state index contributed by atoms with van der Waals surface area (Å²) in [5.41, 5.74) is 2.37. The van der Waals surface area contributed by atoms with Crippen molar-refractivity contribution in [2.45, 2.75) is 36.6 Å². The van der Waals surface area contributed by atoms with Crippen LogP contribution in [0.5, 0.6) is 0 Å². The normalized spacial score (nSPS) is 17.0. The minimum absolute atomic E-state index is 0.649. The van der Waals surface area contributed by atoms with Crippen LogP contribution in [-0.4, -0.2) is 17.3 Å². The largest absolute Gasteiger partial charge is 0.382 e. The second-order valence-corrected chi connectivity index (χ2v) is 6.95. The van der Waals surface area contributed by atoms with E-state index in [1.807, 2.05) is 0 Å². The van der Waals surface area contributed by atoms with E-state index < -0.39 is 0 Å². The number of hydrogen-bond acceptors (Lipinski definition) is 4. The summed E-state index contributed by atoms with van der Waals surface area (Å²) in [5, 5.41) is 3.68. The van der Waals surface area contributed by atoms with E-state index in [9.17, 15) is 0 Å². The molecular weight excluding hydrogens is 260 g/mol. The average molecular weight is 278 g/mol. The van der Waals surface area contributed by atoms with Crippen LogP contribution in [0.1, 0.15) is 26.2 Å². The van der Waals surface area contributed by atoms with Crippen molar-refractivity contribution in [3.63, 3.8) is 0 Å². The zero-order valence-corrected chi connectivity index (χ0v) is 12.4. The third-order valence-electron chi connectivity index (χ3n) is 3.53. The summed E-state index contributed by atoms with van der Waals surface area (Å²) >= 11 is 3.50. The Morgan fingerprint density at radius 3 is 3.00 bits per heavy atom. The third-order valence-corrected chi connectivity index (χ3v) is 5.53. The van der Waals surface area contributed by atoms with Crippen LogP contribution in [0, 0.1) is 5.92 Å². The highest BCUT2D eigenvalue weighted by molar-refractivity contribution is 8.00. The molecule has 2 nitrogen and oxygen atoms in total. The molecule has 0 aliphatic heterocycles. The van der Waals surface area contributed by atoms with Gasteiger partial charge in [-0.05, 0) is 49.6 Å². The molecule has 1 aromatic heterocycles. The van der Waals surface area contributed by atoms with Gasteiger partial charge in [0.15, 0.2) is 4.34 Å². The number of rotatable bonds is 5. The van der Waals surface area contributed by atoms with Gasteiger partial charge in [-0.15, -0.1) is 11.3 Å². The minimum atomic E-state index is 0.649. The van der Waals surface area contributed by atoms with Crippen LogP contribution in [0.15, 0.2) is 22.5 Å². The lowest BCUT2D eigenvalue weighted by Gasteiger charge is -2.17. The average Bonchev–Trinajstić information content (AvgIpc) is 3.15. The van der Waals surface area contributed by atoms with Gasteiger partial charge in [0.25, 0.3) is 0 Å². The second-order valence-electron chi connectivity index (χ2n) is 4.86. The molecule has 1 fully saturated rings. The number of nitrogens with zero attached hydrogens (tertiary/aromatic N) is 1. The summed E-state index contributed by atoms with van der Waals surface area (Å²) in [4.78, 5) is 4.57. The molecular formula is C14H18N2S2. The van der Waals surface area contributed by atoms with Gasteiger partial charge in [-0.3, -0.25) is 0 Å². The fourth-order valence-corrected chi connectivity index (χ4v) is 3.88. The highest BCUT2D eigenvalue weighted by Gasteiger charge is 2.29. The standard InChI is InChI=1S/C14H18N2S2/c1-3-11(9-4-5-9)15-10-6-7-12-13(8-10)18-14(16-12)17-2/h6-9,11,15H,3-5H2,1-2H3. The Labute approximate surface area is 116 Å². The Morgan fingerprint density at radius 2 is 2.33 bits per heavy atom. The van der Waals surface area contributed by atoms with Gasteiger partial charge in [-0.1, -0.05) is 18.7 Å². The summed E-state index contributed by atoms with van der Waals surface area (Å²) < 4.78 is 2.44. The molecule has 18 heavy (non-hydrogen) atoms. The molecule has 1 aliphatic carbocycles. The number of thiazole rings is 1. The Hall–Kier alpha value is -0.740. The molecule has 0 spiro atoms. The number of aromatic nitrogens is 1. The number of anilines is 1. The molecule has 0 saturated heterocycles. The first kappa shape index (κ1) is 12.3. The molecule has 1 aromatic carbocycles. The first-order valence-electron chi connectivity index (χ1n) is 6.51. The third kappa shape index (κ3) is 2.50. The highest BCUT2D eigenvalue weighted by atomic mass is 32.2. The molecule has 96 valence electrons. The van der Waals surface area contributed by atoms with E-state index in [4.69, 9.17) is 0 Å². The Balaban J connectivity index is 1.83.